The molecule has 0 atom stereocenters. The number of hydrogen-bond acceptors (Lipinski definition) is 7. The summed E-state index contributed by atoms with van der Waals surface area (Å²) in [6.07, 6.45) is 2.33. The van der Waals surface area contributed by atoms with Gasteiger partial charge in [-0.2, -0.15) is 0 Å². The second kappa shape index (κ2) is 8.22. The van der Waals surface area contributed by atoms with Gasteiger partial charge in [0.1, 0.15) is 10.8 Å². The average Bonchev–Trinajstić information content (AvgIpc) is 3.26. The van der Waals surface area contributed by atoms with Gasteiger partial charge in [-0.25, -0.2) is 4.79 Å². The number of nitrogens with one attached hydrogen (secondary N) is 1. The third-order valence-corrected chi connectivity index (χ3v) is 5.87. The Hall–Kier alpha value is -1.87. The lowest BCUT2D eigenvalue weighted by molar-refractivity contribution is -0.113. The van der Waals surface area contributed by atoms with E-state index in [2.05, 4.69) is 27.0 Å². The van der Waals surface area contributed by atoms with Crippen molar-refractivity contribution >= 4 is 40.0 Å². The summed E-state index contributed by atoms with van der Waals surface area (Å²) in [4.78, 5) is 25.3. The Morgan fingerprint density at radius 2 is 2.15 bits per heavy atom. The topological polar surface area (TPSA) is 86.1 Å². The molecule has 0 aliphatic heterocycles. The zero-order valence-corrected chi connectivity index (χ0v) is 16.7. The molecule has 2 aromatic rings. The molecule has 0 bridgehead atoms. The Morgan fingerprint density at radius 1 is 1.38 bits per heavy atom. The van der Waals surface area contributed by atoms with E-state index in [4.69, 9.17) is 4.74 Å². The second-order valence-electron chi connectivity index (χ2n) is 6.02. The lowest BCUT2D eigenvalue weighted by Gasteiger charge is -2.07. The first-order valence-electron chi connectivity index (χ1n) is 8.66. The SMILES string of the molecule is CCOC(=O)c1cc(C)sc1NC(=O)CSc1nnc(C2CC2)n1CC. The van der Waals surface area contributed by atoms with Crippen molar-refractivity contribution in [2.24, 2.45) is 0 Å². The molecule has 7 nitrogen and oxygen atoms in total. The number of aryl methyl sites for hydroxylation is 1. The van der Waals surface area contributed by atoms with E-state index in [9.17, 15) is 9.59 Å². The third kappa shape index (κ3) is 4.27. The molecule has 1 amide bonds. The minimum atomic E-state index is -0.417. The maximum atomic E-state index is 12.3. The first-order valence-corrected chi connectivity index (χ1v) is 10.5. The zero-order valence-electron chi connectivity index (χ0n) is 15.1. The molecule has 2 aromatic heterocycles. The quantitative estimate of drug-likeness (QED) is 0.545. The molecule has 140 valence electrons. The predicted molar refractivity (Wildman–Crippen MR) is 102 cm³/mol. The van der Waals surface area contributed by atoms with Gasteiger partial charge in [0, 0.05) is 17.3 Å². The molecule has 1 saturated carbocycles. The summed E-state index contributed by atoms with van der Waals surface area (Å²) in [6, 6.07) is 1.74. The van der Waals surface area contributed by atoms with Crippen LogP contribution in [0.25, 0.3) is 0 Å². The van der Waals surface area contributed by atoms with Crippen molar-refractivity contribution in [3.63, 3.8) is 0 Å². The number of thioether (sulfide) groups is 1. The van der Waals surface area contributed by atoms with Crippen molar-refractivity contribution in [1.82, 2.24) is 14.8 Å². The molecular weight excluding hydrogens is 372 g/mol. The largest absolute Gasteiger partial charge is 0.462 e. The molecule has 0 saturated heterocycles. The van der Waals surface area contributed by atoms with E-state index in [0.717, 1.165) is 35.2 Å². The maximum absolute atomic E-state index is 12.3. The van der Waals surface area contributed by atoms with Crippen LogP contribution in [0.4, 0.5) is 5.00 Å². The number of esters is 1. The minimum Gasteiger partial charge on any atom is -0.462 e. The molecule has 0 radical (unpaired) electrons. The van der Waals surface area contributed by atoms with Crippen LogP contribution in [0.2, 0.25) is 0 Å². The number of hydrogen-bond donors (Lipinski definition) is 1. The van der Waals surface area contributed by atoms with E-state index in [0.29, 0.717) is 23.1 Å². The number of ether oxygens (including phenoxy) is 1. The number of nitrogens with zero attached hydrogens (tertiary/aromatic N) is 3. The highest BCUT2D eigenvalue weighted by molar-refractivity contribution is 7.99. The van der Waals surface area contributed by atoms with Gasteiger partial charge in [-0.3, -0.25) is 4.79 Å². The number of amides is 1. The molecule has 0 aromatic carbocycles. The highest BCUT2D eigenvalue weighted by Gasteiger charge is 2.30. The van der Waals surface area contributed by atoms with Crippen molar-refractivity contribution in [2.75, 3.05) is 17.7 Å². The lowest BCUT2D eigenvalue weighted by Crippen LogP contribution is -2.16. The number of carbonyl (C=O) groups is 2. The van der Waals surface area contributed by atoms with Gasteiger partial charge in [-0.15, -0.1) is 21.5 Å². The van der Waals surface area contributed by atoms with E-state index in [1.807, 2.05) is 6.92 Å². The van der Waals surface area contributed by atoms with Crippen molar-refractivity contribution in [2.45, 2.75) is 51.2 Å². The van der Waals surface area contributed by atoms with Gasteiger partial charge in [0.2, 0.25) is 5.91 Å². The maximum Gasteiger partial charge on any atom is 0.341 e. The minimum absolute atomic E-state index is 0.180. The first kappa shape index (κ1) is 18.9. The molecular formula is C17H22N4O3S2. The fourth-order valence-electron chi connectivity index (χ4n) is 2.61. The zero-order chi connectivity index (χ0) is 18.7. The number of aromatic nitrogens is 3. The Balaban J connectivity index is 1.62. The smallest absolute Gasteiger partial charge is 0.341 e. The first-order chi connectivity index (χ1) is 12.5. The molecule has 2 heterocycles. The number of anilines is 1. The Labute approximate surface area is 160 Å². The average molecular weight is 395 g/mol. The van der Waals surface area contributed by atoms with Crippen LogP contribution in [0.1, 0.15) is 53.7 Å². The van der Waals surface area contributed by atoms with Crippen LogP contribution in [0.3, 0.4) is 0 Å². The Morgan fingerprint density at radius 3 is 2.81 bits per heavy atom. The number of rotatable bonds is 8. The van der Waals surface area contributed by atoms with Gasteiger partial charge in [0.25, 0.3) is 0 Å². The van der Waals surface area contributed by atoms with Gasteiger partial charge in [-0.1, -0.05) is 11.8 Å². The van der Waals surface area contributed by atoms with Crippen LogP contribution in [0.15, 0.2) is 11.2 Å². The van der Waals surface area contributed by atoms with Crippen LogP contribution in [-0.2, 0) is 16.1 Å². The van der Waals surface area contributed by atoms with Crippen molar-refractivity contribution in [3.05, 3.63) is 22.3 Å². The molecule has 26 heavy (non-hydrogen) atoms. The summed E-state index contributed by atoms with van der Waals surface area (Å²) in [7, 11) is 0. The monoisotopic (exact) mass is 394 g/mol. The van der Waals surface area contributed by atoms with Crippen LogP contribution < -0.4 is 5.32 Å². The summed E-state index contributed by atoms with van der Waals surface area (Å²) < 4.78 is 7.12. The van der Waals surface area contributed by atoms with E-state index >= 15 is 0 Å². The van der Waals surface area contributed by atoms with Crippen LogP contribution in [-0.4, -0.2) is 39.0 Å². The molecule has 1 aliphatic carbocycles. The summed E-state index contributed by atoms with van der Waals surface area (Å²) in [5, 5.41) is 12.6. The highest BCUT2D eigenvalue weighted by atomic mass is 32.2. The predicted octanol–water partition coefficient (Wildman–Crippen LogP) is 3.45. The van der Waals surface area contributed by atoms with Gasteiger partial charge >= 0.3 is 5.97 Å². The van der Waals surface area contributed by atoms with Crippen LogP contribution in [0, 0.1) is 6.92 Å². The summed E-state index contributed by atoms with van der Waals surface area (Å²) in [5.74, 6) is 1.16. The summed E-state index contributed by atoms with van der Waals surface area (Å²) in [5.41, 5.74) is 0.403. The van der Waals surface area contributed by atoms with Crippen molar-refractivity contribution in [3.8, 4) is 0 Å². The van der Waals surface area contributed by atoms with Crippen LogP contribution >= 0.6 is 23.1 Å². The van der Waals surface area contributed by atoms with Gasteiger partial charge in [-0.05, 0) is 39.7 Å². The second-order valence-corrected chi connectivity index (χ2v) is 8.22. The highest BCUT2D eigenvalue weighted by Crippen LogP contribution is 2.40. The third-order valence-electron chi connectivity index (χ3n) is 3.94. The van der Waals surface area contributed by atoms with E-state index < -0.39 is 5.97 Å². The Kier molecular flexibility index (Phi) is 5.98. The summed E-state index contributed by atoms with van der Waals surface area (Å²) in [6.45, 7) is 6.79. The molecule has 1 N–H and O–H groups in total. The van der Waals surface area contributed by atoms with Gasteiger partial charge < -0.3 is 14.6 Å². The molecule has 0 spiro atoms. The van der Waals surface area contributed by atoms with Crippen molar-refractivity contribution in [1.29, 1.82) is 0 Å². The normalized spacial score (nSPS) is 13.7. The molecule has 9 heteroatoms. The van der Waals surface area contributed by atoms with E-state index in [1.54, 1.807) is 13.0 Å². The fourth-order valence-corrected chi connectivity index (χ4v) is 4.33. The summed E-state index contributed by atoms with van der Waals surface area (Å²) >= 11 is 2.73. The van der Waals surface area contributed by atoms with Gasteiger partial charge in [0.15, 0.2) is 5.16 Å². The molecule has 1 aliphatic rings. The van der Waals surface area contributed by atoms with E-state index in [-0.39, 0.29) is 11.7 Å². The van der Waals surface area contributed by atoms with E-state index in [1.165, 1.54) is 23.1 Å². The standard InChI is InChI=1S/C17H22N4O3S2/c1-4-21-14(11-6-7-11)19-20-17(21)25-9-13(22)18-15-12(8-10(3)26-15)16(23)24-5-2/h8,11H,4-7,9H2,1-3H3,(H,18,22). The van der Waals surface area contributed by atoms with Gasteiger partial charge in [0.05, 0.1) is 17.9 Å². The Bertz CT molecular complexity index is 811. The number of carbonyl (C=O) groups excluding carboxylic acids is 2. The molecule has 3 rings (SSSR count). The lowest BCUT2D eigenvalue weighted by atomic mass is 10.3. The fraction of sp³-hybridized carbons (Fsp3) is 0.529. The molecule has 0 unspecified atom stereocenters. The van der Waals surface area contributed by atoms with Crippen LogP contribution in [0.5, 0.6) is 0 Å². The van der Waals surface area contributed by atoms with Crippen molar-refractivity contribution < 1.29 is 14.3 Å². The number of thiophene rings is 1. The molecule has 1 fully saturated rings.